The first-order valence-corrected chi connectivity index (χ1v) is 12.1. The molecule has 0 radical (unpaired) electrons. The largest absolute Gasteiger partial charge is 0.497 e. The second kappa shape index (κ2) is 12.3. The molecule has 198 valence electrons. The molecule has 3 heterocycles. The van der Waals surface area contributed by atoms with E-state index < -0.39 is 0 Å². The maximum absolute atomic E-state index is 6.70. The Balaban J connectivity index is 0.00000190. The lowest BCUT2D eigenvalue weighted by atomic mass is 10.1. The third-order valence-corrected chi connectivity index (χ3v) is 6.67. The molecular weight excluding hydrogens is 533 g/mol. The Morgan fingerprint density at radius 3 is 2.49 bits per heavy atom. The van der Waals surface area contributed by atoms with Crippen LogP contribution in [0.15, 0.2) is 48.5 Å². The van der Waals surface area contributed by atoms with Gasteiger partial charge < -0.3 is 19.3 Å². The molecule has 4 aromatic rings. The molecule has 0 unspecified atom stereocenters. The summed E-state index contributed by atoms with van der Waals surface area (Å²) in [6, 6.07) is 16.3. The second-order valence-electron chi connectivity index (χ2n) is 9.11. The van der Waals surface area contributed by atoms with Crippen molar-refractivity contribution >= 4 is 47.9 Å². The first kappa shape index (κ1) is 29.0. The molecule has 2 aromatic heterocycles. The number of nitrogens with zero attached hydrogens (tertiary/aromatic N) is 5. The van der Waals surface area contributed by atoms with Crippen molar-refractivity contribution in [2.45, 2.75) is 26.7 Å². The fraction of sp³-hybridized carbons (Fsp3) is 0.333. The van der Waals surface area contributed by atoms with Crippen molar-refractivity contribution in [2.24, 2.45) is 0 Å². The van der Waals surface area contributed by atoms with Crippen LogP contribution in [0.2, 0.25) is 5.02 Å². The normalized spacial score (nSPS) is 12.3. The van der Waals surface area contributed by atoms with Crippen LogP contribution in [0.4, 0.5) is 5.82 Å². The topological polar surface area (TPSA) is 55.1 Å². The summed E-state index contributed by atoms with van der Waals surface area (Å²) >= 11 is 6.70. The molecule has 0 atom stereocenters. The standard InChI is InChI=1S/C27H30ClN5O2.2ClH/c1-18-25(21-11-10-20(34-4)14-23(21)28)26-29-24-17-35-16-22(24)27(33(26)30-18)32(13-12-31(2)3)15-19-8-6-5-7-9-19;;/h5-11,14H,12-13,15-17H2,1-4H3;2*1H. The molecule has 10 heteroatoms. The summed E-state index contributed by atoms with van der Waals surface area (Å²) in [7, 11) is 5.83. The number of hydrogen-bond donors (Lipinski definition) is 0. The number of fused-ring (bicyclic) bond motifs is 2. The molecule has 0 saturated heterocycles. The minimum Gasteiger partial charge on any atom is -0.497 e. The van der Waals surface area contributed by atoms with E-state index in [9.17, 15) is 0 Å². The predicted octanol–water partition coefficient (Wildman–Crippen LogP) is 5.81. The van der Waals surface area contributed by atoms with Gasteiger partial charge in [-0.1, -0.05) is 41.9 Å². The third-order valence-electron chi connectivity index (χ3n) is 6.36. The van der Waals surface area contributed by atoms with Gasteiger partial charge in [0.05, 0.1) is 42.3 Å². The number of likely N-dealkylation sites (N-methyl/N-ethyl adjacent to an activating group) is 1. The molecule has 2 aromatic carbocycles. The van der Waals surface area contributed by atoms with Crippen LogP contribution in [-0.4, -0.2) is 53.8 Å². The van der Waals surface area contributed by atoms with E-state index >= 15 is 0 Å². The third kappa shape index (κ3) is 5.81. The average Bonchev–Trinajstić information content (AvgIpc) is 3.44. The number of ether oxygens (including phenoxy) is 2. The zero-order valence-electron chi connectivity index (χ0n) is 21.4. The van der Waals surface area contributed by atoms with E-state index in [-0.39, 0.29) is 24.8 Å². The van der Waals surface area contributed by atoms with E-state index in [1.54, 1.807) is 7.11 Å². The minimum atomic E-state index is 0. The molecule has 0 aliphatic carbocycles. The van der Waals surface area contributed by atoms with Crippen molar-refractivity contribution in [1.82, 2.24) is 19.5 Å². The van der Waals surface area contributed by atoms with Crippen LogP contribution in [0.25, 0.3) is 16.8 Å². The molecule has 1 aliphatic rings. The Morgan fingerprint density at radius 2 is 1.81 bits per heavy atom. The van der Waals surface area contributed by atoms with E-state index in [1.807, 2.05) is 35.7 Å². The van der Waals surface area contributed by atoms with E-state index in [0.29, 0.717) is 24.0 Å². The number of halogens is 3. The fourth-order valence-corrected chi connectivity index (χ4v) is 4.85. The Kier molecular flexibility index (Phi) is 9.67. The fourth-order valence-electron chi connectivity index (χ4n) is 4.59. The van der Waals surface area contributed by atoms with Gasteiger partial charge in [0.25, 0.3) is 0 Å². The van der Waals surface area contributed by atoms with Crippen LogP contribution < -0.4 is 9.64 Å². The summed E-state index contributed by atoms with van der Waals surface area (Å²) in [6.45, 7) is 5.54. The quantitative estimate of drug-likeness (QED) is 0.269. The lowest BCUT2D eigenvalue weighted by Gasteiger charge is -2.28. The van der Waals surface area contributed by atoms with Gasteiger partial charge in [-0.25, -0.2) is 4.98 Å². The number of methoxy groups -OCH3 is 1. The summed E-state index contributed by atoms with van der Waals surface area (Å²) in [5, 5.41) is 5.60. The van der Waals surface area contributed by atoms with Crippen molar-refractivity contribution < 1.29 is 9.47 Å². The maximum atomic E-state index is 6.70. The first-order chi connectivity index (χ1) is 17.0. The van der Waals surface area contributed by atoms with Gasteiger partial charge in [0, 0.05) is 30.8 Å². The Bertz CT molecular complexity index is 1360. The maximum Gasteiger partial charge on any atom is 0.165 e. The summed E-state index contributed by atoms with van der Waals surface area (Å²) < 4.78 is 13.2. The Labute approximate surface area is 235 Å². The van der Waals surface area contributed by atoms with Gasteiger partial charge >= 0.3 is 0 Å². The number of benzene rings is 2. The molecule has 0 spiro atoms. The molecule has 0 fully saturated rings. The number of rotatable bonds is 8. The molecule has 0 saturated carbocycles. The predicted molar refractivity (Wildman–Crippen MR) is 154 cm³/mol. The number of anilines is 1. The van der Waals surface area contributed by atoms with Gasteiger partial charge in [-0.05, 0) is 44.8 Å². The summed E-state index contributed by atoms with van der Waals surface area (Å²) in [6.07, 6.45) is 0. The van der Waals surface area contributed by atoms with Crippen LogP contribution >= 0.6 is 36.4 Å². The van der Waals surface area contributed by atoms with Gasteiger partial charge in [-0.2, -0.15) is 9.61 Å². The van der Waals surface area contributed by atoms with Crippen LogP contribution in [0.5, 0.6) is 5.75 Å². The van der Waals surface area contributed by atoms with Gasteiger partial charge in [0.15, 0.2) is 5.65 Å². The van der Waals surface area contributed by atoms with Crippen LogP contribution in [0, 0.1) is 6.92 Å². The minimum absolute atomic E-state index is 0. The number of aryl methyl sites for hydroxylation is 1. The summed E-state index contributed by atoms with van der Waals surface area (Å²) in [5.74, 6) is 1.75. The number of hydrogen-bond acceptors (Lipinski definition) is 6. The van der Waals surface area contributed by atoms with Gasteiger partial charge in [-0.3, -0.25) is 0 Å². The van der Waals surface area contributed by atoms with Crippen molar-refractivity contribution in [3.05, 3.63) is 76.1 Å². The molecular formula is C27H32Cl3N5O2. The number of aromatic nitrogens is 3. The van der Waals surface area contributed by atoms with Crippen molar-refractivity contribution in [2.75, 3.05) is 39.2 Å². The molecule has 0 amide bonds. The molecule has 5 rings (SSSR count). The lowest BCUT2D eigenvalue weighted by Crippen LogP contribution is -2.33. The smallest absolute Gasteiger partial charge is 0.165 e. The van der Waals surface area contributed by atoms with Crippen molar-refractivity contribution in [1.29, 1.82) is 0 Å². The van der Waals surface area contributed by atoms with Crippen molar-refractivity contribution in [3.8, 4) is 16.9 Å². The second-order valence-corrected chi connectivity index (χ2v) is 9.51. The monoisotopic (exact) mass is 563 g/mol. The first-order valence-electron chi connectivity index (χ1n) is 11.7. The molecule has 0 bridgehead atoms. The lowest BCUT2D eigenvalue weighted by molar-refractivity contribution is 0.133. The summed E-state index contributed by atoms with van der Waals surface area (Å²) in [5.41, 5.74) is 6.79. The highest BCUT2D eigenvalue weighted by atomic mass is 35.5. The highest BCUT2D eigenvalue weighted by Gasteiger charge is 2.28. The van der Waals surface area contributed by atoms with Crippen LogP contribution in [0.3, 0.4) is 0 Å². The highest BCUT2D eigenvalue weighted by Crippen LogP contribution is 2.39. The van der Waals surface area contributed by atoms with Gasteiger partial charge in [0.1, 0.15) is 11.6 Å². The zero-order chi connectivity index (χ0) is 24.5. The molecule has 37 heavy (non-hydrogen) atoms. The summed E-state index contributed by atoms with van der Waals surface area (Å²) in [4.78, 5) is 9.62. The van der Waals surface area contributed by atoms with Gasteiger partial charge in [0.2, 0.25) is 0 Å². The molecule has 0 N–H and O–H groups in total. The highest BCUT2D eigenvalue weighted by molar-refractivity contribution is 6.33. The SMILES string of the molecule is COc1ccc(-c2c(C)nn3c(N(CCN(C)C)Cc4ccccc4)c4c(nc23)COC4)c(Cl)c1.Cl.Cl. The van der Waals surface area contributed by atoms with Crippen LogP contribution in [-0.2, 0) is 24.5 Å². The van der Waals surface area contributed by atoms with E-state index in [2.05, 4.69) is 48.2 Å². The Hall–Kier alpha value is -2.55. The molecule has 1 aliphatic heterocycles. The zero-order valence-corrected chi connectivity index (χ0v) is 23.8. The van der Waals surface area contributed by atoms with Gasteiger partial charge in [-0.15, -0.1) is 24.8 Å². The van der Waals surface area contributed by atoms with E-state index in [4.69, 9.17) is 31.2 Å². The molecule has 7 nitrogen and oxygen atoms in total. The van der Waals surface area contributed by atoms with E-state index in [0.717, 1.165) is 59.2 Å². The Morgan fingerprint density at radius 1 is 1.05 bits per heavy atom. The van der Waals surface area contributed by atoms with E-state index in [1.165, 1.54) is 5.56 Å². The van der Waals surface area contributed by atoms with Crippen LogP contribution in [0.1, 0.15) is 22.5 Å². The van der Waals surface area contributed by atoms with Crippen molar-refractivity contribution in [3.63, 3.8) is 0 Å². The average molecular weight is 565 g/mol.